The first-order valence-electron chi connectivity index (χ1n) is 11.1. The molecule has 3 N–H and O–H groups in total. The molecule has 32 heavy (non-hydrogen) atoms. The van der Waals surface area contributed by atoms with Gasteiger partial charge in [-0.05, 0) is 38.5 Å². The molecule has 2 fully saturated rings. The van der Waals surface area contributed by atoms with Gasteiger partial charge in [0, 0.05) is 6.54 Å². The third-order valence-corrected chi connectivity index (χ3v) is 6.22. The number of nitrogens with zero attached hydrogens (tertiary/aromatic N) is 5. The van der Waals surface area contributed by atoms with Crippen LogP contribution < -0.4 is 15.8 Å². The highest BCUT2D eigenvalue weighted by atomic mass is 19.1. The smallest absolute Gasteiger partial charge is 0.243 e. The summed E-state index contributed by atoms with van der Waals surface area (Å²) in [6, 6.07) is 1.70. The number of anilines is 2. The Morgan fingerprint density at radius 1 is 1.38 bits per heavy atom. The lowest BCUT2D eigenvalue weighted by atomic mass is 9.94. The minimum absolute atomic E-state index is 0.0265. The molecular weight excluding hydrogens is 417 g/mol. The molecule has 0 unspecified atom stereocenters. The van der Waals surface area contributed by atoms with Crippen molar-refractivity contribution in [3.8, 4) is 6.07 Å². The minimum Gasteiger partial charge on any atom is -0.338 e. The fraction of sp³-hybridized carbons (Fsp3) is 0.667. The zero-order valence-corrected chi connectivity index (χ0v) is 18.3. The number of aryl methyl sites for hydroxylation is 1. The fourth-order valence-electron chi connectivity index (χ4n) is 4.50. The summed E-state index contributed by atoms with van der Waals surface area (Å²) >= 11 is 0. The molecule has 10 nitrogen and oxygen atoms in total. The van der Waals surface area contributed by atoms with Crippen LogP contribution in [0.2, 0.25) is 0 Å². The van der Waals surface area contributed by atoms with Crippen molar-refractivity contribution in [1.29, 1.82) is 5.26 Å². The summed E-state index contributed by atoms with van der Waals surface area (Å²) in [5, 5.41) is 19.3. The van der Waals surface area contributed by atoms with Crippen LogP contribution in [-0.2, 0) is 9.59 Å². The summed E-state index contributed by atoms with van der Waals surface area (Å²) in [4.78, 5) is 33.4. The molecule has 3 rings (SSSR count). The quantitative estimate of drug-likeness (QED) is 0.283. The summed E-state index contributed by atoms with van der Waals surface area (Å²) in [7, 11) is 0. The van der Waals surface area contributed by atoms with E-state index < -0.39 is 23.7 Å². The first kappa shape index (κ1) is 23.7. The molecule has 174 valence electrons. The predicted octanol–water partition coefficient (Wildman–Crippen LogP) is 2.29. The molecule has 1 aromatic heterocycles. The summed E-state index contributed by atoms with van der Waals surface area (Å²) < 4.78 is 15.1. The number of hydrogen-bond acceptors (Lipinski definition) is 8. The van der Waals surface area contributed by atoms with Gasteiger partial charge < -0.3 is 4.90 Å². The van der Waals surface area contributed by atoms with E-state index in [0.717, 1.165) is 25.7 Å². The Morgan fingerprint density at radius 2 is 2.12 bits per heavy atom. The minimum atomic E-state index is -0.753. The van der Waals surface area contributed by atoms with E-state index in [2.05, 4.69) is 26.9 Å². The van der Waals surface area contributed by atoms with Crippen LogP contribution in [-0.4, -0.2) is 51.7 Å². The average Bonchev–Trinajstić information content (AvgIpc) is 3.48. The van der Waals surface area contributed by atoms with Gasteiger partial charge in [-0.25, -0.2) is 15.0 Å². The third-order valence-electron chi connectivity index (χ3n) is 6.22. The second kappa shape index (κ2) is 11.0. The highest BCUT2D eigenvalue weighted by Gasteiger charge is 2.30. The maximum Gasteiger partial charge on any atom is 0.243 e. The molecule has 0 bridgehead atoms. The highest BCUT2D eigenvalue weighted by molar-refractivity contribution is 5.80. The van der Waals surface area contributed by atoms with Crippen molar-refractivity contribution in [2.45, 2.75) is 64.3 Å². The van der Waals surface area contributed by atoms with Crippen LogP contribution in [0.5, 0.6) is 0 Å². The Morgan fingerprint density at radius 3 is 2.81 bits per heavy atom. The predicted molar refractivity (Wildman–Crippen MR) is 114 cm³/mol. The van der Waals surface area contributed by atoms with Crippen LogP contribution in [0.4, 0.5) is 16.0 Å². The zero-order valence-electron chi connectivity index (χ0n) is 18.3. The number of amides is 2. The van der Waals surface area contributed by atoms with Crippen molar-refractivity contribution in [3.05, 3.63) is 11.6 Å². The first-order valence-corrected chi connectivity index (χ1v) is 11.1. The Bertz CT molecular complexity index is 857. The number of rotatable bonds is 10. The van der Waals surface area contributed by atoms with Crippen LogP contribution >= 0.6 is 0 Å². The number of nitriles is 1. The highest BCUT2D eigenvalue weighted by Crippen LogP contribution is 2.31. The second-order valence-electron chi connectivity index (χ2n) is 8.50. The van der Waals surface area contributed by atoms with E-state index in [9.17, 15) is 20.1 Å². The van der Waals surface area contributed by atoms with E-state index >= 15 is 4.39 Å². The van der Waals surface area contributed by atoms with Gasteiger partial charge in [-0.2, -0.15) is 9.65 Å². The standard InChI is InChI=1S/C21H30FN7O3/c1-14-24-19(18(22)20(25-14)29-10-4-7-17(29)11-23)26-27-21(31)16(12-28(32)13-30)9-8-15-5-2-3-6-15/h13,15-17,32H,2-10,12H2,1H3,(H,27,31)(H,24,25,26)/t16-,17+/m1/s1. The van der Waals surface area contributed by atoms with Gasteiger partial charge in [0.2, 0.25) is 18.1 Å². The van der Waals surface area contributed by atoms with Crippen molar-refractivity contribution in [1.82, 2.24) is 20.5 Å². The van der Waals surface area contributed by atoms with Crippen molar-refractivity contribution < 1.29 is 19.2 Å². The maximum atomic E-state index is 15.1. The van der Waals surface area contributed by atoms with Gasteiger partial charge in [-0.1, -0.05) is 25.7 Å². The normalized spacial score (nSPS) is 19.4. The monoisotopic (exact) mass is 447 g/mol. The van der Waals surface area contributed by atoms with Gasteiger partial charge in [0.15, 0.2) is 11.6 Å². The SMILES string of the molecule is Cc1nc(NNC(=O)[C@H](CCC2CCCC2)CN(O)C=O)c(F)c(N2CCC[C@H]2C#N)n1. The Balaban J connectivity index is 1.68. The lowest BCUT2D eigenvalue weighted by molar-refractivity contribution is -0.154. The average molecular weight is 448 g/mol. The lowest BCUT2D eigenvalue weighted by Gasteiger charge is -2.23. The molecule has 1 aliphatic carbocycles. The Labute approximate surface area is 186 Å². The van der Waals surface area contributed by atoms with Crippen LogP contribution in [0, 0.1) is 35.9 Å². The molecule has 1 saturated carbocycles. The van der Waals surface area contributed by atoms with E-state index in [1.807, 2.05) is 0 Å². The van der Waals surface area contributed by atoms with Crippen molar-refractivity contribution >= 4 is 24.0 Å². The molecule has 1 saturated heterocycles. The number of aromatic nitrogens is 2. The fourth-order valence-corrected chi connectivity index (χ4v) is 4.50. The van der Waals surface area contributed by atoms with Crippen LogP contribution in [0.25, 0.3) is 0 Å². The summed E-state index contributed by atoms with van der Waals surface area (Å²) in [6.07, 6.45) is 7.58. The molecule has 2 heterocycles. The van der Waals surface area contributed by atoms with Gasteiger partial charge in [-0.3, -0.25) is 25.6 Å². The Hall–Kier alpha value is -3.00. The summed E-state index contributed by atoms with van der Waals surface area (Å²) in [5.41, 5.74) is 4.98. The number of nitrogens with one attached hydrogen (secondary N) is 2. The van der Waals surface area contributed by atoms with Crippen molar-refractivity contribution in [3.63, 3.8) is 0 Å². The van der Waals surface area contributed by atoms with Crippen LogP contribution in [0.15, 0.2) is 0 Å². The maximum absolute atomic E-state index is 15.1. The first-order chi connectivity index (χ1) is 15.4. The molecule has 2 amide bonds. The van der Waals surface area contributed by atoms with Crippen LogP contribution in [0.1, 0.15) is 57.2 Å². The lowest BCUT2D eigenvalue weighted by Crippen LogP contribution is -2.41. The number of hydrazine groups is 1. The van der Waals surface area contributed by atoms with Crippen LogP contribution in [0.3, 0.4) is 0 Å². The molecule has 0 radical (unpaired) electrons. The second-order valence-corrected chi connectivity index (χ2v) is 8.50. The van der Waals surface area contributed by atoms with E-state index in [1.165, 1.54) is 12.8 Å². The topological polar surface area (TPSA) is 134 Å². The Kier molecular flexibility index (Phi) is 8.16. The molecule has 2 atom stereocenters. The molecule has 2 aliphatic rings. The number of carbonyl (C=O) groups is 2. The zero-order chi connectivity index (χ0) is 23.1. The number of hydrogen-bond donors (Lipinski definition) is 3. The van der Waals surface area contributed by atoms with Gasteiger partial charge in [-0.15, -0.1) is 0 Å². The van der Waals surface area contributed by atoms with Gasteiger partial charge in [0.1, 0.15) is 11.9 Å². The molecule has 0 spiro atoms. The van der Waals surface area contributed by atoms with E-state index in [4.69, 9.17) is 0 Å². The van der Waals surface area contributed by atoms with Gasteiger partial charge in [0.25, 0.3) is 0 Å². The van der Waals surface area contributed by atoms with Gasteiger partial charge in [0.05, 0.1) is 18.5 Å². The molecular formula is C21H30FN7O3. The number of halogens is 1. The summed E-state index contributed by atoms with van der Waals surface area (Å²) in [5.74, 6) is -1.23. The molecule has 1 aromatic rings. The van der Waals surface area contributed by atoms with E-state index in [1.54, 1.807) is 11.8 Å². The third kappa shape index (κ3) is 5.82. The molecule has 11 heteroatoms. The van der Waals surface area contributed by atoms with Gasteiger partial charge >= 0.3 is 0 Å². The van der Waals surface area contributed by atoms with Crippen molar-refractivity contribution in [2.24, 2.45) is 11.8 Å². The van der Waals surface area contributed by atoms with E-state index in [0.29, 0.717) is 36.2 Å². The number of carbonyl (C=O) groups excluding carboxylic acids is 2. The molecule has 0 aromatic carbocycles. The van der Waals surface area contributed by atoms with E-state index in [-0.39, 0.29) is 24.6 Å². The summed E-state index contributed by atoms with van der Waals surface area (Å²) in [6.45, 7) is 1.96. The molecule has 1 aliphatic heterocycles. The number of hydroxylamine groups is 2. The van der Waals surface area contributed by atoms with Crippen molar-refractivity contribution in [2.75, 3.05) is 23.4 Å². The largest absolute Gasteiger partial charge is 0.338 e.